The summed E-state index contributed by atoms with van der Waals surface area (Å²) in [7, 11) is 1.78. The van der Waals surface area contributed by atoms with Crippen LogP contribution < -0.4 is 10.6 Å². The fraction of sp³-hybridized carbons (Fsp3) is 0.688. The highest BCUT2D eigenvalue weighted by Crippen LogP contribution is 2.24. The third kappa shape index (κ3) is 3.93. The fourth-order valence-corrected chi connectivity index (χ4v) is 2.85. The zero-order valence-electron chi connectivity index (χ0n) is 13.4. The molecule has 5 nitrogen and oxygen atoms in total. The monoisotopic (exact) mass is 290 g/mol. The van der Waals surface area contributed by atoms with Gasteiger partial charge in [-0.2, -0.15) is 0 Å². The number of hydrogen-bond acceptors (Lipinski definition) is 4. The van der Waals surface area contributed by atoms with Crippen molar-refractivity contribution in [3.05, 3.63) is 17.7 Å². The topological polar surface area (TPSA) is 66.9 Å². The van der Waals surface area contributed by atoms with Gasteiger partial charge in [0.25, 0.3) is 5.91 Å². The lowest BCUT2D eigenvalue weighted by Crippen LogP contribution is -2.38. The van der Waals surface area contributed by atoms with Crippen LogP contribution in [0.3, 0.4) is 0 Å². The summed E-state index contributed by atoms with van der Waals surface area (Å²) in [6, 6.07) is 0.267. The minimum absolute atomic E-state index is 0.0947. The summed E-state index contributed by atoms with van der Waals surface area (Å²) in [5.74, 6) is 1.50. The molecule has 1 aromatic rings. The van der Waals surface area contributed by atoms with E-state index in [0.29, 0.717) is 23.1 Å². The van der Waals surface area contributed by atoms with Crippen molar-refractivity contribution in [2.75, 3.05) is 12.4 Å². The van der Waals surface area contributed by atoms with Crippen molar-refractivity contribution in [3.63, 3.8) is 0 Å². The van der Waals surface area contributed by atoms with Gasteiger partial charge in [-0.25, -0.2) is 9.97 Å². The van der Waals surface area contributed by atoms with Gasteiger partial charge in [0.1, 0.15) is 5.82 Å². The Hall–Kier alpha value is -1.65. The lowest BCUT2D eigenvalue weighted by atomic mass is 9.87. The molecule has 1 aliphatic carbocycles. The number of amides is 1. The molecule has 0 spiro atoms. The molecule has 0 aliphatic heterocycles. The first kappa shape index (κ1) is 15.7. The molecule has 1 aromatic heterocycles. The SMILES string of the molecule is CNc1cnc(C(C)C)nc1C(=O)NC1CCCC(C)C1. The van der Waals surface area contributed by atoms with E-state index in [9.17, 15) is 4.79 Å². The number of nitrogens with zero attached hydrogens (tertiary/aromatic N) is 2. The van der Waals surface area contributed by atoms with E-state index in [4.69, 9.17) is 0 Å². The van der Waals surface area contributed by atoms with Crippen LogP contribution in [0.25, 0.3) is 0 Å². The molecule has 2 N–H and O–H groups in total. The summed E-state index contributed by atoms with van der Waals surface area (Å²) >= 11 is 0. The Morgan fingerprint density at radius 2 is 2.14 bits per heavy atom. The zero-order valence-corrected chi connectivity index (χ0v) is 13.4. The van der Waals surface area contributed by atoms with E-state index >= 15 is 0 Å². The fourth-order valence-electron chi connectivity index (χ4n) is 2.85. The quantitative estimate of drug-likeness (QED) is 0.894. The molecule has 0 bridgehead atoms. The average molecular weight is 290 g/mol. The molecule has 2 atom stereocenters. The molecule has 0 aromatic carbocycles. The summed E-state index contributed by atoms with van der Waals surface area (Å²) in [6.07, 6.45) is 6.27. The Morgan fingerprint density at radius 3 is 2.76 bits per heavy atom. The summed E-state index contributed by atoms with van der Waals surface area (Å²) in [6.45, 7) is 6.30. The van der Waals surface area contributed by atoms with Crippen molar-refractivity contribution in [3.8, 4) is 0 Å². The van der Waals surface area contributed by atoms with Gasteiger partial charge in [0.05, 0.1) is 11.9 Å². The van der Waals surface area contributed by atoms with Crippen molar-refractivity contribution in [2.45, 2.75) is 58.4 Å². The van der Waals surface area contributed by atoms with Crippen LogP contribution >= 0.6 is 0 Å². The Kier molecular flexibility index (Phi) is 5.15. The molecule has 2 unspecified atom stereocenters. The van der Waals surface area contributed by atoms with Gasteiger partial charge in [-0.15, -0.1) is 0 Å². The summed E-state index contributed by atoms with van der Waals surface area (Å²) in [5.41, 5.74) is 1.13. The van der Waals surface area contributed by atoms with Crippen molar-refractivity contribution in [2.24, 2.45) is 5.92 Å². The van der Waals surface area contributed by atoms with Gasteiger partial charge < -0.3 is 10.6 Å². The lowest BCUT2D eigenvalue weighted by molar-refractivity contribution is 0.0916. The molecule has 116 valence electrons. The maximum absolute atomic E-state index is 12.5. The predicted octanol–water partition coefficient (Wildman–Crippen LogP) is 2.95. The molecule has 0 saturated heterocycles. The second kappa shape index (κ2) is 6.87. The highest BCUT2D eigenvalue weighted by atomic mass is 16.2. The predicted molar refractivity (Wildman–Crippen MR) is 84.6 cm³/mol. The molecule has 1 fully saturated rings. The Morgan fingerprint density at radius 1 is 1.38 bits per heavy atom. The van der Waals surface area contributed by atoms with E-state index in [-0.39, 0.29) is 17.9 Å². The van der Waals surface area contributed by atoms with Crippen LogP contribution in [-0.2, 0) is 0 Å². The van der Waals surface area contributed by atoms with Crippen LogP contribution in [0.15, 0.2) is 6.20 Å². The number of nitrogens with one attached hydrogen (secondary N) is 2. The largest absolute Gasteiger partial charge is 0.385 e. The smallest absolute Gasteiger partial charge is 0.272 e. The Labute approximate surface area is 127 Å². The number of hydrogen-bond donors (Lipinski definition) is 2. The first-order valence-electron chi connectivity index (χ1n) is 7.86. The van der Waals surface area contributed by atoms with E-state index in [1.165, 1.54) is 12.8 Å². The molecule has 1 saturated carbocycles. The van der Waals surface area contributed by atoms with E-state index < -0.39 is 0 Å². The second-order valence-electron chi connectivity index (χ2n) is 6.34. The third-order valence-electron chi connectivity index (χ3n) is 4.08. The van der Waals surface area contributed by atoms with Gasteiger partial charge in [-0.05, 0) is 18.8 Å². The minimum Gasteiger partial charge on any atom is -0.385 e. The standard InChI is InChI=1S/C16H26N4O/c1-10(2)15-18-9-13(17-4)14(20-15)16(21)19-12-7-5-6-11(3)8-12/h9-12,17H,5-8H2,1-4H3,(H,19,21). The molecule has 5 heteroatoms. The average Bonchev–Trinajstić information content (AvgIpc) is 2.46. The Balaban J connectivity index is 2.15. The molecule has 21 heavy (non-hydrogen) atoms. The number of aromatic nitrogens is 2. The van der Waals surface area contributed by atoms with Crippen LogP contribution in [0.2, 0.25) is 0 Å². The first-order valence-corrected chi connectivity index (χ1v) is 7.86. The molecule has 1 aliphatic rings. The third-order valence-corrected chi connectivity index (χ3v) is 4.08. The van der Waals surface area contributed by atoms with Crippen molar-refractivity contribution in [1.82, 2.24) is 15.3 Å². The number of rotatable bonds is 4. The number of carbonyl (C=O) groups excluding carboxylic acids is 1. The maximum atomic E-state index is 12.5. The molecule has 1 heterocycles. The van der Waals surface area contributed by atoms with Gasteiger partial charge in [-0.3, -0.25) is 4.79 Å². The Bertz CT molecular complexity index is 501. The number of anilines is 1. The van der Waals surface area contributed by atoms with Crippen LogP contribution in [0, 0.1) is 5.92 Å². The first-order chi connectivity index (χ1) is 10.0. The highest BCUT2D eigenvalue weighted by Gasteiger charge is 2.23. The van der Waals surface area contributed by atoms with Gasteiger partial charge >= 0.3 is 0 Å². The maximum Gasteiger partial charge on any atom is 0.272 e. The molecule has 1 amide bonds. The van der Waals surface area contributed by atoms with Gasteiger partial charge in [0, 0.05) is 19.0 Å². The van der Waals surface area contributed by atoms with E-state index in [0.717, 1.165) is 12.8 Å². The lowest BCUT2D eigenvalue weighted by Gasteiger charge is -2.27. The zero-order chi connectivity index (χ0) is 15.4. The molecule has 2 rings (SSSR count). The van der Waals surface area contributed by atoms with Gasteiger partial charge in [0.2, 0.25) is 0 Å². The number of carbonyl (C=O) groups is 1. The molecular formula is C16H26N4O. The summed E-state index contributed by atoms with van der Waals surface area (Å²) in [5, 5.41) is 6.14. The molecule has 0 radical (unpaired) electrons. The summed E-state index contributed by atoms with van der Waals surface area (Å²) in [4.78, 5) is 21.3. The van der Waals surface area contributed by atoms with Crippen LogP contribution in [0.5, 0.6) is 0 Å². The minimum atomic E-state index is -0.0947. The van der Waals surface area contributed by atoms with Crippen LogP contribution in [0.4, 0.5) is 5.69 Å². The van der Waals surface area contributed by atoms with Crippen molar-refractivity contribution >= 4 is 11.6 Å². The van der Waals surface area contributed by atoms with Crippen LogP contribution in [0.1, 0.15) is 68.7 Å². The highest BCUT2D eigenvalue weighted by molar-refractivity contribution is 5.97. The summed E-state index contributed by atoms with van der Waals surface area (Å²) < 4.78 is 0. The van der Waals surface area contributed by atoms with Crippen LogP contribution in [-0.4, -0.2) is 29.0 Å². The van der Waals surface area contributed by atoms with Gasteiger partial charge in [-0.1, -0.05) is 33.6 Å². The molecular weight excluding hydrogens is 264 g/mol. The van der Waals surface area contributed by atoms with E-state index in [2.05, 4.69) is 27.5 Å². The normalized spacial score (nSPS) is 22.1. The van der Waals surface area contributed by atoms with Crippen molar-refractivity contribution < 1.29 is 4.79 Å². The van der Waals surface area contributed by atoms with Crippen molar-refractivity contribution in [1.29, 1.82) is 0 Å². The van der Waals surface area contributed by atoms with E-state index in [1.54, 1.807) is 13.2 Å². The van der Waals surface area contributed by atoms with E-state index in [1.807, 2.05) is 13.8 Å². The second-order valence-corrected chi connectivity index (χ2v) is 6.34. The van der Waals surface area contributed by atoms with Gasteiger partial charge in [0.15, 0.2) is 5.69 Å².